The van der Waals surface area contributed by atoms with Crippen LogP contribution in [0.25, 0.3) is 66.1 Å². The third-order valence-corrected chi connectivity index (χ3v) is 13.5. The summed E-state index contributed by atoms with van der Waals surface area (Å²) in [6, 6.07) is 47.0. The Bertz CT molecular complexity index is 2430. The first-order valence-electron chi connectivity index (χ1n) is 23.7. The van der Waals surface area contributed by atoms with Crippen molar-refractivity contribution in [2.24, 2.45) is 11.8 Å². The summed E-state index contributed by atoms with van der Waals surface area (Å²) in [6.07, 6.45) is 10.9. The van der Waals surface area contributed by atoms with Gasteiger partial charge in [0.05, 0.1) is 0 Å². The van der Waals surface area contributed by atoms with Crippen molar-refractivity contribution in [3.63, 3.8) is 0 Å². The Hall–Kier alpha value is -4.36. The van der Waals surface area contributed by atoms with Gasteiger partial charge >= 0.3 is 26.2 Å². The Morgan fingerprint density at radius 1 is 0.391 bits per heavy atom. The molecule has 0 unspecified atom stereocenters. The molecule has 0 amide bonds. The predicted molar refractivity (Wildman–Crippen MR) is 278 cm³/mol. The van der Waals surface area contributed by atoms with Crippen molar-refractivity contribution in [1.82, 2.24) is 0 Å². The number of fused-ring (bicyclic) bond motifs is 2. The number of hydrogen-bond donors (Lipinski definition) is 0. The first kappa shape index (κ1) is 47.6. The van der Waals surface area contributed by atoms with Crippen LogP contribution in [0.4, 0.5) is 0 Å². The van der Waals surface area contributed by atoms with Gasteiger partial charge in [-0.1, -0.05) is 227 Å². The molecule has 2 aliphatic rings. The van der Waals surface area contributed by atoms with Crippen molar-refractivity contribution in [3.8, 4) is 44.5 Å². The fraction of sp³-hybridized carbons (Fsp3) is 0.323. The first-order chi connectivity index (χ1) is 30.3. The van der Waals surface area contributed by atoms with E-state index in [2.05, 4.69) is 190 Å². The molecule has 10 rings (SSSR count). The maximum Gasteiger partial charge on any atom is 2.00 e. The normalized spacial score (nSPS) is 13.7. The third kappa shape index (κ3) is 11.0. The molecule has 0 aromatic heterocycles. The molecule has 0 spiro atoms. The van der Waals surface area contributed by atoms with Crippen molar-refractivity contribution in [3.05, 3.63) is 177 Å². The van der Waals surface area contributed by atoms with Crippen LogP contribution in [0.2, 0.25) is 13.1 Å². The molecule has 2 radical (unpaired) electrons. The van der Waals surface area contributed by atoms with E-state index in [0.717, 1.165) is 21.4 Å². The van der Waals surface area contributed by atoms with Gasteiger partial charge in [-0.05, 0) is 91.2 Å². The zero-order chi connectivity index (χ0) is 44.4. The Morgan fingerprint density at radius 2 is 0.641 bits per heavy atom. The van der Waals surface area contributed by atoms with Crippen LogP contribution in [0.5, 0.6) is 0 Å². The second-order valence-electron chi connectivity index (χ2n) is 19.7. The smallest absolute Gasteiger partial charge is 0.164 e. The van der Waals surface area contributed by atoms with Crippen LogP contribution in [-0.4, -0.2) is 9.52 Å². The maximum atomic E-state index is 2.48. The van der Waals surface area contributed by atoms with Crippen molar-refractivity contribution in [1.29, 1.82) is 0 Å². The molecular weight excluding hydrogens is 864 g/mol. The predicted octanol–water partition coefficient (Wildman–Crippen LogP) is 17.7. The molecule has 64 heavy (non-hydrogen) atoms. The van der Waals surface area contributed by atoms with E-state index >= 15 is 0 Å². The van der Waals surface area contributed by atoms with Gasteiger partial charge in [-0.25, -0.2) is 0 Å². The summed E-state index contributed by atoms with van der Waals surface area (Å²) < 4.78 is 0. The average molecular weight is 933 g/mol. The molecule has 2 fully saturated rings. The zero-order valence-electron chi connectivity index (χ0n) is 40.4. The quantitative estimate of drug-likeness (QED) is 0.105. The molecule has 2 heteroatoms. The van der Waals surface area contributed by atoms with E-state index in [0.29, 0.717) is 0 Å². The summed E-state index contributed by atoms with van der Waals surface area (Å²) in [5.74, 6) is 1.77. The fourth-order valence-electron chi connectivity index (χ4n) is 10.5. The van der Waals surface area contributed by atoms with Gasteiger partial charge in [-0.2, -0.15) is 12.1 Å². The third-order valence-electron chi connectivity index (χ3n) is 13.5. The van der Waals surface area contributed by atoms with Crippen LogP contribution < -0.4 is 0 Å². The minimum absolute atomic E-state index is 0. The van der Waals surface area contributed by atoms with Crippen LogP contribution in [0, 0.1) is 67.2 Å². The minimum Gasteiger partial charge on any atom is -0.164 e. The monoisotopic (exact) mass is 930 g/mol. The molecule has 2 saturated carbocycles. The largest absolute Gasteiger partial charge is 2.00 e. The Labute approximate surface area is 407 Å². The van der Waals surface area contributed by atoms with Crippen molar-refractivity contribution >= 4 is 31.1 Å². The summed E-state index contributed by atoms with van der Waals surface area (Å²) >= 11 is 0. The topological polar surface area (TPSA) is 0 Å². The van der Waals surface area contributed by atoms with E-state index in [9.17, 15) is 0 Å². The average Bonchev–Trinajstić information content (AvgIpc) is 3.81. The summed E-state index contributed by atoms with van der Waals surface area (Å²) in [5, 5.41) is 5.63. The number of benzene rings is 6. The van der Waals surface area contributed by atoms with E-state index in [-0.39, 0.29) is 26.2 Å². The molecule has 0 heterocycles. The number of rotatable bonds is 8. The SMILES string of the molecule is C[Si]C.Cc1cc(C)cc(-c2ccc(-c3cc(C)cc(C)c3)c3[cH-]c(CC4CCC4)cc23)c1.Cc1cc(C)cc(-c2ccc(-c3cc(C)cc(C)c3)c3[cH-]c(CC4CCC4)cc23)c1.[Zr+2]. The van der Waals surface area contributed by atoms with Gasteiger partial charge in [0.1, 0.15) is 0 Å². The van der Waals surface area contributed by atoms with E-state index in [1.165, 1.54) is 173 Å². The van der Waals surface area contributed by atoms with Gasteiger partial charge in [0, 0.05) is 9.52 Å². The molecule has 0 nitrogen and oxygen atoms in total. The van der Waals surface area contributed by atoms with Crippen LogP contribution >= 0.6 is 0 Å². The number of hydrogen-bond acceptors (Lipinski definition) is 0. The molecule has 0 bridgehead atoms. The second-order valence-corrected chi connectivity index (χ2v) is 20.7. The summed E-state index contributed by atoms with van der Waals surface area (Å²) in [5.41, 5.74) is 24.5. The van der Waals surface area contributed by atoms with Gasteiger partial charge < -0.3 is 0 Å². The van der Waals surface area contributed by atoms with E-state index < -0.39 is 0 Å². The molecular formula is C62H68SiZr. The Balaban J connectivity index is 0.000000178. The van der Waals surface area contributed by atoms with Crippen LogP contribution in [-0.2, 0) is 39.0 Å². The molecule has 0 saturated heterocycles. The van der Waals surface area contributed by atoms with Crippen molar-refractivity contribution in [2.75, 3.05) is 0 Å². The molecule has 2 aliphatic carbocycles. The summed E-state index contributed by atoms with van der Waals surface area (Å²) in [6.45, 7) is 21.9. The van der Waals surface area contributed by atoms with Crippen LogP contribution in [0.15, 0.2) is 121 Å². The summed E-state index contributed by atoms with van der Waals surface area (Å²) in [4.78, 5) is 0. The molecule has 0 aliphatic heterocycles. The molecule has 0 N–H and O–H groups in total. The maximum absolute atomic E-state index is 2.48. The Morgan fingerprint density at radius 3 is 0.891 bits per heavy atom. The first-order valence-corrected chi connectivity index (χ1v) is 25.7. The van der Waals surface area contributed by atoms with Crippen LogP contribution in [0.1, 0.15) is 94.2 Å². The van der Waals surface area contributed by atoms with Gasteiger partial charge in [-0.3, -0.25) is 0 Å². The molecule has 8 aromatic carbocycles. The Kier molecular flexibility index (Phi) is 15.5. The van der Waals surface area contributed by atoms with Gasteiger partial charge in [0.2, 0.25) is 0 Å². The van der Waals surface area contributed by atoms with Gasteiger partial charge in [0.15, 0.2) is 0 Å². The minimum atomic E-state index is 0. The van der Waals surface area contributed by atoms with E-state index in [4.69, 9.17) is 0 Å². The standard InChI is InChI=1S/2C30H31.C2H6Si.Zr/c2*1-19-10-20(2)13-25(12-19)27-8-9-28(26-14-21(3)11-22(4)15-26)30-18-24(17-29(27)30)16-23-6-5-7-23;1-3-2;/h2*8-15,17-18,23H,5-7,16H2,1-4H3;1-2H3;/q2*-1;;+2. The second kappa shape index (κ2) is 20.9. The zero-order valence-corrected chi connectivity index (χ0v) is 43.8. The molecule has 0 atom stereocenters. The summed E-state index contributed by atoms with van der Waals surface area (Å²) in [7, 11) is 1.08. The van der Waals surface area contributed by atoms with E-state index in [1.807, 2.05) is 0 Å². The molecule has 324 valence electrons. The van der Waals surface area contributed by atoms with Crippen molar-refractivity contribution in [2.45, 2.75) is 120 Å². The van der Waals surface area contributed by atoms with E-state index in [1.54, 1.807) is 0 Å². The molecule has 8 aromatic rings. The van der Waals surface area contributed by atoms with Gasteiger partial charge in [0.25, 0.3) is 0 Å². The van der Waals surface area contributed by atoms with Crippen LogP contribution in [0.3, 0.4) is 0 Å². The number of aryl methyl sites for hydroxylation is 8. The van der Waals surface area contributed by atoms with Gasteiger partial charge in [-0.15, -0.1) is 44.8 Å². The van der Waals surface area contributed by atoms with Crippen molar-refractivity contribution < 1.29 is 26.2 Å². The fourth-order valence-corrected chi connectivity index (χ4v) is 10.5.